The average molecular weight is 399 g/mol. The first-order chi connectivity index (χ1) is 12.4. The van der Waals surface area contributed by atoms with Gasteiger partial charge >= 0.3 is 5.69 Å². The molecule has 27 heavy (non-hydrogen) atoms. The number of nitrogens with two attached hydrogens (primary N) is 1. The summed E-state index contributed by atoms with van der Waals surface area (Å²) in [5.74, 6) is -0.0106. The average Bonchev–Trinajstić information content (AvgIpc) is 3.04. The topological polar surface area (TPSA) is 117 Å². The van der Waals surface area contributed by atoms with Crippen LogP contribution in [-0.2, 0) is 25.4 Å². The molecule has 1 aliphatic carbocycles. The molecule has 1 amide bonds. The summed E-state index contributed by atoms with van der Waals surface area (Å²) in [6, 6.07) is -0.122. The molecule has 1 aliphatic rings. The smallest absolute Gasteiger partial charge is 0.332 e. The predicted molar refractivity (Wildman–Crippen MR) is 105 cm³/mol. The van der Waals surface area contributed by atoms with E-state index >= 15 is 0 Å². The molecule has 9 nitrogen and oxygen atoms in total. The zero-order chi connectivity index (χ0) is 18.8. The van der Waals surface area contributed by atoms with Crippen LogP contribution < -0.4 is 22.3 Å². The van der Waals surface area contributed by atoms with Gasteiger partial charge in [-0.05, 0) is 18.8 Å². The molecule has 2 aromatic rings. The molecule has 0 aliphatic heterocycles. The number of carbonyl (C=O) groups is 1. The van der Waals surface area contributed by atoms with Crippen LogP contribution in [0.15, 0.2) is 15.9 Å². The highest BCUT2D eigenvalue weighted by Gasteiger charge is 2.25. The van der Waals surface area contributed by atoms with Gasteiger partial charge < -0.3 is 15.6 Å². The third-order valence-electron chi connectivity index (χ3n) is 5.32. The minimum atomic E-state index is -0.557. The first-order valence-corrected chi connectivity index (χ1v) is 9.04. The van der Waals surface area contributed by atoms with Crippen molar-refractivity contribution in [3.05, 3.63) is 27.2 Å². The molecule has 0 radical (unpaired) electrons. The molecule has 0 aromatic carbocycles. The summed E-state index contributed by atoms with van der Waals surface area (Å²) in [7, 11) is 3.22. The molecule has 0 spiro atoms. The summed E-state index contributed by atoms with van der Waals surface area (Å²) >= 11 is 0. The van der Waals surface area contributed by atoms with Gasteiger partial charge in [-0.2, -0.15) is 0 Å². The molecule has 2 heterocycles. The van der Waals surface area contributed by atoms with Gasteiger partial charge in [-0.1, -0.05) is 19.3 Å². The number of hydrogen-bond donors (Lipinski definition) is 2. The van der Waals surface area contributed by atoms with Gasteiger partial charge in [0.25, 0.3) is 5.56 Å². The fourth-order valence-electron chi connectivity index (χ4n) is 3.84. The van der Waals surface area contributed by atoms with Crippen molar-refractivity contribution in [2.75, 3.05) is 6.54 Å². The van der Waals surface area contributed by atoms with Gasteiger partial charge in [-0.15, -0.1) is 12.4 Å². The van der Waals surface area contributed by atoms with E-state index in [2.05, 4.69) is 10.3 Å². The Labute approximate surface area is 163 Å². The molecule has 10 heteroatoms. The number of amides is 1. The van der Waals surface area contributed by atoms with E-state index in [1.54, 1.807) is 11.6 Å². The number of aromatic nitrogens is 4. The number of nitrogens with zero attached hydrogens (tertiary/aromatic N) is 4. The van der Waals surface area contributed by atoms with Crippen molar-refractivity contribution >= 4 is 29.5 Å². The summed E-state index contributed by atoms with van der Waals surface area (Å²) in [5.41, 5.74) is 5.38. The lowest BCUT2D eigenvalue weighted by Gasteiger charge is -2.30. The van der Waals surface area contributed by atoms with E-state index in [9.17, 15) is 14.4 Å². The van der Waals surface area contributed by atoms with Gasteiger partial charge in [0.05, 0.1) is 6.33 Å². The highest BCUT2D eigenvalue weighted by Crippen LogP contribution is 2.26. The molecule has 0 saturated heterocycles. The van der Waals surface area contributed by atoms with E-state index in [1.807, 2.05) is 0 Å². The molecule has 2 aromatic heterocycles. The van der Waals surface area contributed by atoms with Crippen LogP contribution in [0.3, 0.4) is 0 Å². The Morgan fingerprint density at radius 2 is 1.96 bits per heavy atom. The van der Waals surface area contributed by atoms with Gasteiger partial charge in [-0.25, -0.2) is 14.3 Å². The standard InChI is InChI=1S/C17H26N6O3.ClH/c1-21-10-19-15-14(21)16(25)23(17(26)22(15)2)9-13(24)20-12(8-18)11-6-4-3-5-7-11;/h10-12H,3-9,18H2,1-2H3,(H,20,24);1H. The zero-order valence-corrected chi connectivity index (χ0v) is 16.5. The maximum atomic E-state index is 12.7. The van der Waals surface area contributed by atoms with Crippen molar-refractivity contribution in [1.29, 1.82) is 0 Å². The van der Waals surface area contributed by atoms with Crippen molar-refractivity contribution in [3.8, 4) is 0 Å². The molecule has 1 atom stereocenters. The summed E-state index contributed by atoms with van der Waals surface area (Å²) in [6.07, 6.45) is 7.08. The molecule has 1 saturated carbocycles. The van der Waals surface area contributed by atoms with Gasteiger partial charge in [0.2, 0.25) is 5.91 Å². The van der Waals surface area contributed by atoms with E-state index in [0.29, 0.717) is 23.6 Å². The molecular weight excluding hydrogens is 372 g/mol. The Kier molecular flexibility index (Phi) is 6.83. The second-order valence-electron chi connectivity index (χ2n) is 7.07. The van der Waals surface area contributed by atoms with Crippen LogP contribution in [0.25, 0.3) is 11.2 Å². The highest BCUT2D eigenvalue weighted by atomic mass is 35.5. The van der Waals surface area contributed by atoms with E-state index in [-0.39, 0.29) is 30.9 Å². The van der Waals surface area contributed by atoms with Crippen LogP contribution in [0.5, 0.6) is 0 Å². The van der Waals surface area contributed by atoms with Crippen LogP contribution in [0.2, 0.25) is 0 Å². The SMILES string of the molecule is Cl.Cn1cnc2c1c(=O)n(CC(=O)NC(CN)C1CCCCC1)c(=O)n2C. The molecule has 3 N–H and O–H groups in total. The lowest BCUT2D eigenvalue weighted by atomic mass is 9.84. The lowest BCUT2D eigenvalue weighted by Crippen LogP contribution is -2.49. The van der Waals surface area contributed by atoms with Gasteiger partial charge in [-0.3, -0.25) is 14.2 Å². The molecule has 3 rings (SSSR count). The molecular formula is C17H27ClN6O3. The van der Waals surface area contributed by atoms with E-state index in [4.69, 9.17) is 5.73 Å². The van der Waals surface area contributed by atoms with E-state index in [1.165, 1.54) is 24.4 Å². The van der Waals surface area contributed by atoms with Crippen LogP contribution in [-0.4, -0.2) is 37.2 Å². The number of hydrogen-bond acceptors (Lipinski definition) is 5. The third-order valence-corrected chi connectivity index (χ3v) is 5.32. The summed E-state index contributed by atoms with van der Waals surface area (Å²) in [6.45, 7) is 0.0277. The van der Waals surface area contributed by atoms with Gasteiger partial charge in [0.1, 0.15) is 6.54 Å². The maximum absolute atomic E-state index is 12.7. The summed E-state index contributed by atoms with van der Waals surface area (Å²) in [4.78, 5) is 41.7. The lowest BCUT2D eigenvalue weighted by molar-refractivity contribution is -0.122. The first kappa shape index (κ1) is 21.2. The molecule has 1 unspecified atom stereocenters. The molecule has 150 valence electrons. The second-order valence-corrected chi connectivity index (χ2v) is 7.07. The predicted octanol–water partition coefficient (Wildman–Crippen LogP) is -0.121. The van der Waals surface area contributed by atoms with Crippen molar-refractivity contribution in [1.82, 2.24) is 24.0 Å². The van der Waals surface area contributed by atoms with Crippen molar-refractivity contribution < 1.29 is 4.79 Å². The first-order valence-electron chi connectivity index (χ1n) is 9.04. The normalized spacial score (nSPS) is 16.1. The molecule has 0 bridgehead atoms. The number of nitrogens with one attached hydrogen (secondary N) is 1. The van der Waals surface area contributed by atoms with E-state index < -0.39 is 11.2 Å². The second kappa shape index (κ2) is 8.71. The van der Waals surface area contributed by atoms with Crippen LogP contribution in [0.4, 0.5) is 0 Å². The number of halogens is 1. The fraction of sp³-hybridized carbons (Fsp3) is 0.647. The number of imidazole rings is 1. The quantitative estimate of drug-likeness (QED) is 0.728. The summed E-state index contributed by atoms with van der Waals surface area (Å²) in [5, 5.41) is 2.92. The van der Waals surface area contributed by atoms with Crippen LogP contribution in [0, 0.1) is 5.92 Å². The number of fused-ring (bicyclic) bond motifs is 1. The fourth-order valence-corrected chi connectivity index (χ4v) is 3.84. The number of rotatable bonds is 5. The number of aryl methyl sites for hydroxylation is 2. The van der Waals surface area contributed by atoms with Gasteiger partial charge in [0, 0.05) is 26.7 Å². The van der Waals surface area contributed by atoms with Crippen molar-refractivity contribution in [2.24, 2.45) is 25.7 Å². The highest BCUT2D eigenvalue weighted by molar-refractivity contribution is 5.85. The number of carbonyl (C=O) groups excluding carboxylic acids is 1. The minimum absolute atomic E-state index is 0. The molecule has 1 fully saturated rings. The van der Waals surface area contributed by atoms with Crippen molar-refractivity contribution in [3.63, 3.8) is 0 Å². The Bertz CT molecular complexity index is 925. The Morgan fingerprint density at radius 3 is 2.59 bits per heavy atom. The zero-order valence-electron chi connectivity index (χ0n) is 15.7. The Morgan fingerprint density at radius 1 is 1.30 bits per heavy atom. The largest absolute Gasteiger partial charge is 0.350 e. The Hall–Kier alpha value is -2.13. The summed E-state index contributed by atoms with van der Waals surface area (Å²) < 4.78 is 3.79. The van der Waals surface area contributed by atoms with Crippen LogP contribution in [0.1, 0.15) is 32.1 Å². The monoisotopic (exact) mass is 398 g/mol. The van der Waals surface area contributed by atoms with Crippen LogP contribution >= 0.6 is 12.4 Å². The maximum Gasteiger partial charge on any atom is 0.332 e. The van der Waals surface area contributed by atoms with Crippen molar-refractivity contribution in [2.45, 2.75) is 44.7 Å². The van der Waals surface area contributed by atoms with E-state index in [0.717, 1.165) is 30.3 Å². The Balaban J connectivity index is 0.00000261. The van der Waals surface area contributed by atoms with Gasteiger partial charge in [0.15, 0.2) is 11.2 Å². The third kappa shape index (κ3) is 4.08. The minimum Gasteiger partial charge on any atom is -0.350 e.